The smallest absolute Gasteiger partial charge is 0.290 e. The van der Waals surface area contributed by atoms with Crippen molar-refractivity contribution in [1.29, 1.82) is 0 Å². The number of benzene rings is 3. The average molecular weight is 653 g/mol. The molecule has 0 bridgehead atoms. The molecule has 0 fully saturated rings. The molecular weight excluding hydrogens is 614 g/mol. The van der Waals surface area contributed by atoms with Gasteiger partial charge in [-0.2, -0.15) is 0 Å². The predicted octanol–water partition coefficient (Wildman–Crippen LogP) is 7.92. The highest BCUT2D eigenvalue weighted by Crippen LogP contribution is 2.41. The number of carbonyl (C=O) groups excluding carboxylic acids is 1. The minimum atomic E-state index is -0.497. The number of halogens is 2. The summed E-state index contributed by atoms with van der Waals surface area (Å²) in [6.45, 7) is 9.13. The van der Waals surface area contributed by atoms with Crippen molar-refractivity contribution < 1.29 is 33.6 Å². The van der Waals surface area contributed by atoms with Gasteiger partial charge in [0.2, 0.25) is 6.41 Å². The number of methoxy groups -OCH3 is 2. The highest BCUT2D eigenvalue weighted by molar-refractivity contribution is 9.10. The van der Waals surface area contributed by atoms with Gasteiger partial charge in [-0.25, -0.2) is 0 Å². The second kappa shape index (κ2) is 19.7. The Hall–Kier alpha value is -3.27. The van der Waals surface area contributed by atoms with Gasteiger partial charge in [0.05, 0.1) is 31.8 Å². The van der Waals surface area contributed by atoms with Crippen LogP contribution in [-0.2, 0) is 20.9 Å². The molecule has 224 valence electrons. The van der Waals surface area contributed by atoms with E-state index in [1.807, 2.05) is 56.3 Å². The van der Waals surface area contributed by atoms with Crippen LogP contribution in [0.2, 0.25) is 5.02 Å². The number of ether oxygens (including phenoxy) is 4. The van der Waals surface area contributed by atoms with Crippen LogP contribution in [0.5, 0.6) is 17.2 Å². The maximum absolute atomic E-state index is 12.4. The number of anilines is 1. The number of amides is 1. The number of hydrogen-bond donors (Lipinski definition) is 1. The predicted molar refractivity (Wildman–Crippen MR) is 167 cm³/mol. The summed E-state index contributed by atoms with van der Waals surface area (Å²) >= 11 is 10.1. The van der Waals surface area contributed by atoms with E-state index in [0.29, 0.717) is 41.2 Å². The summed E-state index contributed by atoms with van der Waals surface area (Å²) < 4.78 is 23.6. The molecular formula is C31H39BrClNO7. The Morgan fingerprint density at radius 3 is 2.17 bits per heavy atom. The summed E-state index contributed by atoms with van der Waals surface area (Å²) in [7, 11) is 3.18. The van der Waals surface area contributed by atoms with Crippen molar-refractivity contribution >= 4 is 46.1 Å². The zero-order valence-electron chi connectivity index (χ0n) is 24.4. The molecule has 0 radical (unpaired) electrons. The van der Waals surface area contributed by atoms with Crippen molar-refractivity contribution in [3.05, 3.63) is 80.8 Å². The first-order valence-electron chi connectivity index (χ1n) is 13.1. The lowest BCUT2D eigenvalue weighted by Crippen LogP contribution is -2.23. The molecule has 0 unspecified atom stereocenters. The topological polar surface area (TPSA) is 94.5 Å². The summed E-state index contributed by atoms with van der Waals surface area (Å²) in [5.74, 6) is 2.01. The Morgan fingerprint density at radius 1 is 0.927 bits per heavy atom. The number of nitrogens with zero attached hydrogens (tertiary/aromatic N) is 1. The van der Waals surface area contributed by atoms with Crippen LogP contribution < -0.4 is 19.1 Å². The SMILES string of the molecule is CCC.CCOc1cccc([C@@H](OCC)c2cc(Cl)ccc2N(C=O)Cc2ccc(OC)cc2OC)c1Br.O=CO. The first-order chi connectivity index (χ1) is 19.8. The molecule has 3 aromatic rings. The highest BCUT2D eigenvalue weighted by atomic mass is 79.9. The molecule has 8 nitrogen and oxygen atoms in total. The second-order valence-corrected chi connectivity index (χ2v) is 9.58. The minimum absolute atomic E-state index is 0.250. The Labute approximate surface area is 256 Å². The lowest BCUT2D eigenvalue weighted by atomic mass is 9.98. The quantitative estimate of drug-likeness (QED) is 0.199. The summed E-state index contributed by atoms with van der Waals surface area (Å²) in [5.41, 5.74) is 3.13. The molecule has 1 amide bonds. The Kier molecular flexibility index (Phi) is 17.2. The Bertz CT molecular complexity index is 1230. The molecule has 3 aromatic carbocycles. The van der Waals surface area contributed by atoms with Crippen LogP contribution >= 0.6 is 27.5 Å². The van der Waals surface area contributed by atoms with Gasteiger partial charge in [0, 0.05) is 40.1 Å². The Balaban J connectivity index is 0.00000129. The van der Waals surface area contributed by atoms with E-state index in [1.165, 1.54) is 6.42 Å². The van der Waals surface area contributed by atoms with E-state index in [-0.39, 0.29) is 13.0 Å². The number of rotatable bonds is 12. The molecule has 0 aliphatic carbocycles. The third-order valence-electron chi connectivity index (χ3n) is 5.45. The molecule has 1 N–H and O–H groups in total. The molecule has 3 rings (SSSR count). The van der Waals surface area contributed by atoms with Crippen LogP contribution in [0, 0.1) is 0 Å². The van der Waals surface area contributed by atoms with Gasteiger partial charge in [0.1, 0.15) is 23.4 Å². The molecule has 0 heterocycles. The minimum Gasteiger partial charge on any atom is -0.497 e. The van der Waals surface area contributed by atoms with Crippen LogP contribution in [0.25, 0.3) is 0 Å². The van der Waals surface area contributed by atoms with E-state index in [0.717, 1.165) is 27.6 Å². The third kappa shape index (κ3) is 10.6. The largest absolute Gasteiger partial charge is 0.497 e. The number of hydrogen-bond acceptors (Lipinski definition) is 6. The van der Waals surface area contributed by atoms with Gasteiger partial charge in [-0.1, -0.05) is 44.0 Å². The molecule has 1 atom stereocenters. The first kappa shape index (κ1) is 35.8. The van der Waals surface area contributed by atoms with Gasteiger partial charge in [-0.05, 0) is 66.2 Å². The normalized spacial score (nSPS) is 10.6. The van der Waals surface area contributed by atoms with Gasteiger partial charge < -0.3 is 29.0 Å². The van der Waals surface area contributed by atoms with Gasteiger partial charge in [-0.15, -0.1) is 0 Å². The monoisotopic (exact) mass is 651 g/mol. The lowest BCUT2D eigenvalue weighted by molar-refractivity contribution is -0.122. The van der Waals surface area contributed by atoms with Crippen LogP contribution in [-0.4, -0.2) is 45.4 Å². The maximum Gasteiger partial charge on any atom is 0.290 e. The van der Waals surface area contributed by atoms with E-state index in [2.05, 4.69) is 29.8 Å². The second-order valence-electron chi connectivity index (χ2n) is 8.35. The van der Waals surface area contributed by atoms with E-state index >= 15 is 0 Å². The van der Waals surface area contributed by atoms with E-state index in [1.54, 1.807) is 31.3 Å². The number of carboxylic acid groups (broad SMARTS) is 1. The van der Waals surface area contributed by atoms with Crippen molar-refractivity contribution in [1.82, 2.24) is 0 Å². The summed E-state index contributed by atoms with van der Waals surface area (Å²) in [5, 5.41) is 7.43. The summed E-state index contributed by atoms with van der Waals surface area (Å²) in [6.07, 6.45) is 1.55. The Morgan fingerprint density at radius 2 is 1.61 bits per heavy atom. The van der Waals surface area contributed by atoms with E-state index in [9.17, 15) is 4.79 Å². The third-order valence-corrected chi connectivity index (χ3v) is 6.54. The molecule has 0 saturated heterocycles. The molecule has 0 saturated carbocycles. The lowest BCUT2D eigenvalue weighted by Gasteiger charge is -2.27. The van der Waals surface area contributed by atoms with Crippen LogP contribution in [0.4, 0.5) is 5.69 Å². The standard InChI is InChI=1S/C27H29BrClNO5.C3H8.CH2O2/c1-5-34-24-9-7-8-21(26(24)28)27(35-6-2)22-14-19(29)11-13-23(22)30(17-31)16-18-10-12-20(32-3)15-25(18)33-4;1-3-2;2-1-3/h7-15,17,27H,5-6,16H2,1-4H3;3H2,1-2H3;1H,(H,2,3)/t27-;;/m1../s1. The van der Waals surface area contributed by atoms with Crippen molar-refractivity contribution in [3.63, 3.8) is 0 Å². The van der Waals surface area contributed by atoms with Crippen molar-refractivity contribution in [2.75, 3.05) is 32.3 Å². The summed E-state index contributed by atoms with van der Waals surface area (Å²) in [4.78, 5) is 22.3. The van der Waals surface area contributed by atoms with Gasteiger partial charge >= 0.3 is 0 Å². The molecule has 0 aliphatic rings. The van der Waals surface area contributed by atoms with Gasteiger partial charge in [0.15, 0.2) is 0 Å². The van der Waals surface area contributed by atoms with Crippen LogP contribution in [0.15, 0.2) is 59.1 Å². The fourth-order valence-corrected chi connectivity index (χ4v) is 4.62. The molecule has 0 aliphatic heterocycles. The van der Waals surface area contributed by atoms with E-state index in [4.69, 9.17) is 40.4 Å². The fourth-order valence-electron chi connectivity index (χ4n) is 3.85. The highest BCUT2D eigenvalue weighted by Gasteiger charge is 2.25. The van der Waals surface area contributed by atoms with Crippen LogP contribution in [0.1, 0.15) is 56.9 Å². The number of carbonyl (C=O) groups is 2. The molecule has 0 aromatic heterocycles. The fraction of sp³-hybridized carbons (Fsp3) is 0.355. The zero-order valence-corrected chi connectivity index (χ0v) is 26.7. The van der Waals surface area contributed by atoms with Crippen molar-refractivity contribution in [2.24, 2.45) is 0 Å². The van der Waals surface area contributed by atoms with E-state index < -0.39 is 6.10 Å². The molecule has 41 heavy (non-hydrogen) atoms. The molecule has 10 heteroatoms. The van der Waals surface area contributed by atoms with Gasteiger partial charge in [-0.3, -0.25) is 9.59 Å². The first-order valence-corrected chi connectivity index (χ1v) is 14.3. The van der Waals surface area contributed by atoms with Crippen LogP contribution in [0.3, 0.4) is 0 Å². The van der Waals surface area contributed by atoms with Crippen molar-refractivity contribution in [2.45, 2.75) is 46.8 Å². The summed E-state index contributed by atoms with van der Waals surface area (Å²) in [6, 6.07) is 16.7. The van der Waals surface area contributed by atoms with Gasteiger partial charge in [0.25, 0.3) is 6.47 Å². The molecule has 0 spiro atoms. The maximum atomic E-state index is 12.4. The average Bonchev–Trinajstić information content (AvgIpc) is 2.97. The van der Waals surface area contributed by atoms with Crippen molar-refractivity contribution in [3.8, 4) is 17.2 Å². The zero-order chi connectivity index (χ0) is 30.8.